The van der Waals surface area contributed by atoms with Gasteiger partial charge in [-0.1, -0.05) is 0 Å². The minimum atomic E-state index is -4.91. The summed E-state index contributed by atoms with van der Waals surface area (Å²) in [5, 5.41) is 0. The molecular weight excluding hydrogens is 457 g/mol. The van der Waals surface area contributed by atoms with Crippen molar-refractivity contribution in [3.8, 4) is 0 Å². The molecule has 0 N–H and O–H groups in total. The minimum absolute atomic E-state index is 0.380. The van der Waals surface area contributed by atoms with E-state index < -0.39 is 42.5 Å². The van der Waals surface area contributed by atoms with Crippen molar-refractivity contribution in [3.05, 3.63) is 66.8 Å². The third-order valence-electron chi connectivity index (χ3n) is 3.52. The summed E-state index contributed by atoms with van der Waals surface area (Å²) in [7, 11) is 0. The Labute approximate surface area is 149 Å². The van der Waals surface area contributed by atoms with Crippen molar-refractivity contribution >= 4 is 19.8 Å². The molecule has 138 valence electrons. The van der Waals surface area contributed by atoms with Gasteiger partial charge < -0.3 is 0 Å². The van der Waals surface area contributed by atoms with E-state index in [1.54, 1.807) is 38.1 Å². The second kappa shape index (κ2) is 7.55. The molecule has 2 aromatic rings. The third kappa shape index (κ3) is 5.62. The summed E-state index contributed by atoms with van der Waals surface area (Å²) in [6, 6.07) is 12.7. The van der Waals surface area contributed by atoms with Crippen molar-refractivity contribution in [3.63, 3.8) is 0 Å². The molecule has 1 unspecified atom stereocenters. The number of alkyl halides is 7. The summed E-state index contributed by atoms with van der Waals surface area (Å²) < 4.78 is 77.7. The van der Waals surface area contributed by atoms with Crippen LogP contribution in [0.5, 0.6) is 0 Å². The second-order valence-electron chi connectivity index (χ2n) is 5.73. The molecule has 2 rings (SSSR count). The van der Waals surface area contributed by atoms with Gasteiger partial charge in [0.25, 0.3) is 0 Å². The number of aryl methyl sites for hydroxylation is 2. The summed E-state index contributed by atoms with van der Waals surface area (Å²) in [6.45, 7) is 3.57. The standard InChI is InChI=1S/C18H17F6I/c1-12-3-7-14(8-4-12)25(15-9-5-13(2)6-10-15)16(18(22,23)24)11-17(19,20)21/h3-10,16H,11H2,1-2H3. The predicted molar refractivity (Wildman–Crippen MR) is 94.3 cm³/mol. The topological polar surface area (TPSA) is 0 Å². The summed E-state index contributed by atoms with van der Waals surface area (Å²) in [5.74, 6) is 0. The molecule has 0 amide bonds. The average Bonchev–Trinajstić information content (AvgIpc) is 2.48. The van der Waals surface area contributed by atoms with E-state index in [9.17, 15) is 26.3 Å². The van der Waals surface area contributed by atoms with Crippen molar-refractivity contribution in [2.75, 3.05) is 0 Å². The van der Waals surface area contributed by atoms with E-state index >= 15 is 0 Å². The van der Waals surface area contributed by atoms with E-state index in [0.717, 1.165) is 11.1 Å². The summed E-state index contributed by atoms with van der Waals surface area (Å²) >= 11 is -3.40. The molecule has 0 bridgehead atoms. The summed E-state index contributed by atoms with van der Waals surface area (Å²) in [5.41, 5.74) is 1.70. The Morgan fingerprint density at radius 3 is 1.36 bits per heavy atom. The molecule has 0 radical (unpaired) electrons. The average molecular weight is 474 g/mol. The van der Waals surface area contributed by atoms with Gasteiger partial charge in [-0.05, 0) is 0 Å². The first kappa shape index (κ1) is 20.1. The molecule has 0 saturated carbocycles. The van der Waals surface area contributed by atoms with Crippen molar-refractivity contribution in [1.29, 1.82) is 0 Å². The van der Waals surface area contributed by atoms with Gasteiger partial charge in [-0.3, -0.25) is 0 Å². The summed E-state index contributed by atoms with van der Waals surface area (Å²) in [4.78, 5) is 0. The van der Waals surface area contributed by atoms with Crippen LogP contribution in [-0.2, 0) is 0 Å². The van der Waals surface area contributed by atoms with Gasteiger partial charge in [-0.15, -0.1) is 0 Å². The monoisotopic (exact) mass is 474 g/mol. The molecule has 0 aliphatic heterocycles. The molecule has 0 saturated heterocycles. The van der Waals surface area contributed by atoms with Gasteiger partial charge in [-0.2, -0.15) is 0 Å². The Hall–Kier alpha value is -1.25. The fourth-order valence-electron chi connectivity index (χ4n) is 2.29. The van der Waals surface area contributed by atoms with Crippen LogP contribution >= 0.6 is 19.8 Å². The van der Waals surface area contributed by atoms with E-state index in [4.69, 9.17) is 0 Å². The van der Waals surface area contributed by atoms with Crippen LogP contribution < -0.4 is 0 Å². The van der Waals surface area contributed by atoms with Crippen LogP contribution in [0.3, 0.4) is 0 Å². The molecule has 7 heteroatoms. The SMILES string of the molecule is Cc1ccc(I(c2ccc(C)cc2)C(CC(F)(F)F)C(F)(F)F)cc1. The Bertz CT molecular complexity index is 640. The normalized spacial score (nSPS) is 14.3. The zero-order valence-corrected chi connectivity index (χ0v) is 15.7. The number of hydrogen-bond donors (Lipinski definition) is 0. The molecule has 0 aromatic heterocycles. The number of halogens is 7. The first-order valence-corrected chi connectivity index (χ1v) is 10.8. The van der Waals surface area contributed by atoms with E-state index in [2.05, 4.69) is 0 Å². The molecule has 0 nitrogen and oxygen atoms in total. The Balaban J connectivity index is 2.58. The first-order valence-electron chi connectivity index (χ1n) is 7.42. The maximum absolute atomic E-state index is 13.6. The van der Waals surface area contributed by atoms with Crippen LogP contribution in [0.4, 0.5) is 26.3 Å². The van der Waals surface area contributed by atoms with Crippen LogP contribution in [0.15, 0.2) is 48.5 Å². The van der Waals surface area contributed by atoms with Gasteiger partial charge in [0, 0.05) is 0 Å². The molecule has 0 aliphatic carbocycles. The maximum atomic E-state index is 13.6. The van der Waals surface area contributed by atoms with E-state index in [-0.39, 0.29) is 0 Å². The van der Waals surface area contributed by atoms with Gasteiger partial charge >= 0.3 is 150 Å². The van der Waals surface area contributed by atoms with Gasteiger partial charge in [-0.25, -0.2) is 0 Å². The van der Waals surface area contributed by atoms with Gasteiger partial charge in [0.1, 0.15) is 0 Å². The molecule has 0 heterocycles. The molecule has 2 aromatic carbocycles. The predicted octanol–water partition coefficient (Wildman–Crippen LogP) is 6.73. The Morgan fingerprint density at radius 1 is 0.720 bits per heavy atom. The Kier molecular flexibility index (Phi) is 6.06. The quantitative estimate of drug-likeness (QED) is 0.262. The fourth-order valence-corrected chi connectivity index (χ4v) is 8.66. The molecule has 1 atom stereocenters. The van der Waals surface area contributed by atoms with Crippen LogP contribution in [0, 0.1) is 21.0 Å². The molecule has 25 heavy (non-hydrogen) atoms. The van der Waals surface area contributed by atoms with Crippen molar-refractivity contribution < 1.29 is 26.3 Å². The molecule has 0 fully saturated rings. The van der Waals surface area contributed by atoms with Gasteiger partial charge in [0.2, 0.25) is 0 Å². The molecule has 0 spiro atoms. The van der Waals surface area contributed by atoms with Crippen LogP contribution in [-0.4, -0.2) is 16.3 Å². The van der Waals surface area contributed by atoms with Crippen LogP contribution in [0.1, 0.15) is 17.5 Å². The number of benzene rings is 2. The molecule has 0 aliphatic rings. The van der Waals surface area contributed by atoms with Crippen molar-refractivity contribution in [1.82, 2.24) is 0 Å². The Morgan fingerprint density at radius 2 is 1.08 bits per heavy atom. The number of rotatable bonds is 4. The number of hydrogen-bond acceptors (Lipinski definition) is 0. The van der Waals surface area contributed by atoms with Crippen LogP contribution in [0.2, 0.25) is 0 Å². The van der Waals surface area contributed by atoms with Crippen molar-refractivity contribution in [2.24, 2.45) is 0 Å². The van der Waals surface area contributed by atoms with Crippen molar-refractivity contribution in [2.45, 2.75) is 36.5 Å². The fraction of sp³-hybridized carbons (Fsp3) is 0.333. The van der Waals surface area contributed by atoms with Crippen LogP contribution in [0.25, 0.3) is 0 Å². The first-order chi connectivity index (χ1) is 11.5. The van der Waals surface area contributed by atoms with Gasteiger partial charge in [0.15, 0.2) is 0 Å². The van der Waals surface area contributed by atoms with E-state index in [1.807, 2.05) is 0 Å². The molecular formula is C18H17F6I. The second-order valence-corrected chi connectivity index (χ2v) is 11.5. The summed E-state index contributed by atoms with van der Waals surface area (Å²) in [6.07, 6.45) is -11.6. The third-order valence-corrected chi connectivity index (χ3v) is 10.3. The van der Waals surface area contributed by atoms with Gasteiger partial charge in [0.05, 0.1) is 0 Å². The zero-order chi connectivity index (χ0) is 18.8. The van der Waals surface area contributed by atoms with E-state index in [0.29, 0.717) is 7.14 Å². The van der Waals surface area contributed by atoms with E-state index in [1.165, 1.54) is 24.3 Å². The zero-order valence-electron chi connectivity index (χ0n) is 13.5.